The fraction of sp³-hybridized carbons (Fsp3) is 0.467. The summed E-state index contributed by atoms with van der Waals surface area (Å²) in [6.07, 6.45) is 4.47. The number of nitrogens with zero attached hydrogens (tertiary/aromatic N) is 1. The van der Waals surface area contributed by atoms with Crippen molar-refractivity contribution in [1.29, 1.82) is 0 Å². The standard InChI is InChI=1S/C15H19NO3/c1-3-4-5-6-7-14(17)16-12-9-8-11(2)10-13(12)19-15(16)18/h8-10H,3-7H2,1-2H3. The van der Waals surface area contributed by atoms with Gasteiger partial charge in [0.1, 0.15) is 0 Å². The Balaban J connectivity index is 2.22. The van der Waals surface area contributed by atoms with E-state index in [0.29, 0.717) is 17.5 Å². The van der Waals surface area contributed by atoms with Gasteiger partial charge in [0, 0.05) is 6.42 Å². The second-order valence-corrected chi connectivity index (χ2v) is 4.88. The predicted molar refractivity (Wildman–Crippen MR) is 74.6 cm³/mol. The van der Waals surface area contributed by atoms with Gasteiger partial charge >= 0.3 is 5.76 Å². The number of aromatic nitrogens is 1. The van der Waals surface area contributed by atoms with E-state index in [1.165, 1.54) is 0 Å². The van der Waals surface area contributed by atoms with Crippen LogP contribution in [0, 0.1) is 6.92 Å². The van der Waals surface area contributed by atoms with Gasteiger partial charge in [0.25, 0.3) is 0 Å². The lowest BCUT2D eigenvalue weighted by Gasteiger charge is -2.01. The number of aryl methyl sites for hydroxylation is 1. The van der Waals surface area contributed by atoms with Crippen molar-refractivity contribution >= 4 is 17.0 Å². The van der Waals surface area contributed by atoms with Crippen LogP contribution in [0.3, 0.4) is 0 Å². The third kappa shape index (κ3) is 2.95. The van der Waals surface area contributed by atoms with Gasteiger partial charge in [-0.3, -0.25) is 4.79 Å². The van der Waals surface area contributed by atoms with Crippen LogP contribution in [0.15, 0.2) is 27.4 Å². The van der Waals surface area contributed by atoms with E-state index in [0.717, 1.165) is 35.8 Å². The van der Waals surface area contributed by atoms with Crippen molar-refractivity contribution in [3.05, 3.63) is 34.3 Å². The SMILES string of the molecule is CCCCCCC(=O)n1c(=O)oc2cc(C)ccc21. The quantitative estimate of drug-likeness (QED) is 0.774. The van der Waals surface area contributed by atoms with Gasteiger partial charge in [-0.2, -0.15) is 0 Å². The molecule has 102 valence electrons. The van der Waals surface area contributed by atoms with Gasteiger partial charge in [-0.15, -0.1) is 0 Å². The normalized spacial score (nSPS) is 11.1. The van der Waals surface area contributed by atoms with Crippen molar-refractivity contribution in [3.63, 3.8) is 0 Å². The number of oxazole rings is 1. The van der Waals surface area contributed by atoms with E-state index in [1.54, 1.807) is 12.1 Å². The Morgan fingerprint density at radius 3 is 2.79 bits per heavy atom. The van der Waals surface area contributed by atoms with Crippen LogP contribution in [-0.4, -0.2) is 10.5 Å². The number of unbranched alkanes of at least 4 members (excludes halogenated alkanes) is 3. The molecule has 2 rings (SSSR count). The van der Waals surface area contributed by atoms with E-state index < -0.39 is 5.76 Å². The second kappa shape index (κ2) is 5.87. The fourth-order valence-corrected chi connectivity index (χ4v) is 2.18. The van der Waals surface area contributed by atoms with Crippen molar-refractivity contribution in [1.82, 2.24) is 4.57 Å². The molecule has 1 heterocycles. The zero-order valence-corrected chi connectivity index (χ0v) is 11.4. The molecular weight excluding hydrogens is 242 g/mol. The van der Waals surface area contributed by atoms with E-state index >= 15 is 0 Å². The third-order valence-corrected chi connectivity index (χ3v) is 3.23. The van der Waals surface area contributed by atoms with E-state index in [9.17, 15) is 9.59 Å². The van der Waals surface area contributed by atoms with Crippen LogP contribution in [0.5, 0.6) is 0 Å². The molecular formula is C15H19NO3. The molecule has 0 atom stereocenters. The summed E-state index contributed by atoms with van der Waals surface area (Å²) in [5.41, 5.74) is 2.05. The van der Waals surface area contributed by atoms with Crippen LogP contribution >= 0.6 is 0 Å². The molecule has 0 aliphatic carbocycles. The Hall–Kier alpha value is -1.84. The van der Waals surface area contributed by atoms with Crippen LogP contribution in [-0.2, 0) is 0 Å². The molecule has 0 aliphatic rings. The van der Waals surface area contributed by atoms with Crippen LogP contribution in [0.25, 0.3) is 11.1 Å². The topological polar surface area (TPSA) is 52.2 Å². The first-order valence-corrected chi connectivity index (χ1v) is 6.79. The lowest BCUT2D eigenvalue weighted by Crippen LogP contribution is -2.22. The van der Waals surface area contributed by atoms with E-state index in [4.69, 9.17) is 4.42 Å². The Bertz CT molecular complexity index is 636. The third-order valence-electron chi connectivity index (χ3n) is 3.23. The molecule has 2 aromatic rings. The Morgan fingerprint density at radius 2 is 2.05 bits per heavy atom. The molecule has 0 amide bonds. The number of fused-ring (bicyclic) bond motifs is 1. The summed E-state index contributed by atoms with van der Waals surface area (Å²) in [5, 5.41) is 0. The summed E-state index contributed by atoms with van der Waals surface area (Å²) in [4.78, 5) is 23.8. The molecule has 0 saturated carbocycles. The minimum absolute atomic E-state index is 0.177. The first kappa shape index (κ1) is 13.6. The molecule has 0 unspecified atom stereocenters. The molecule has 4 nitrogen and oxygen atoms in total. The molecule has 0 radical (unpaired) electrons. The zero-order valence-electron chi connectivity index (χ0n) is 11.4. The van der Waals surface area contributed by atoms with Crippen LogP contribution < -0.4 is 5.76 Å². The van der Waals surface area contributed by atoms with Crippen LogP contribution in [0.1, 0.15) is 49.4 Å². The molecule has 19 heavy (non-hydrogen) atoms. The molecule has 0 bridgehead atoms. The highest BCUT2D eigenvalue weighted by Crippen LogP contribution is 2.15. The predicted octanol–water partition coefficient (Wildman–Crippen LogP) is 3.51. The average molecular weight is 261 g/mol. The maximum Gasteiger partial charge on any atom is 0.426 e. The summed E-state index contributed by atoms with van der Waals surface area (Å²) < 4.78 is 6.27. The summed E-state index contributed by atoms with van der Waals surface area (Å²) >= 11 is 0. The van der Waals surface area contributed by atoms with Gasteiger partial charge in [0.15, 0.2) is 5.58 Å². The molecule has 0 fully saturated rings. The fourth-order valence-electron chi connectivity index (χ4n) is 2.18. The van der Waals surface area contributed by atoms with Gasteiger partial charge in [0.05, 0.1) is 5.52 Å². The highest BCUT2D eigenvalue weighted by molar-refractivity contribution is 5.89. The van der Waals surface area contributed by atoms with Crippen molar-refractivity contribution in [2.75, 3.05) is 0 Å². The lowest BCUT2D eigenvalue weighted by atomic mass is 10.1. The second-order valence-electron chi connectivity index (χ2n) is 4.88. The first-order valence-electron chi connectivity index (χ1n) is 6.79. The number of hydrogen-bond acceptors (Lipinski definition) is 3. The van der Waals surface area contributed by atoms with Gasteiger partial charge in [-0.25, -0.2) is 9.36 Å². The molecule has 0 N–H and O–H groups in total. The molecule has 0 spiro atoms. The van der Waals surface area contributed by atoms with Gasteiger partial charge in [-0.05, 0) is 31.0 Å². The Kier molecular flexibility index (Phi) is 4.20. The Labute approximate surface area is 112 Å². The van der Waals surface area contributed by atoms with E-state index in [1.807, 2.05) is 13.0 Å². The Morgan fingerprint density at radius 1 is 1.26 bits per heavy atom. The van der Waals surface area contributed by atoms with Crippen LogP contribution in [0.2, 0.25) is 0 Å². The molecule has 4 heteroatoms. The maximum absolute atomic E-state index is 12.1. The summed E-state index contributed by atoms with van der Waals surface area (Å²) in [5.74, 6) is -0.759. The number of carbonyl (C=O) groups is 1. The number of benzene rings is 1. The molecule has 1 aromatic carbocycles. The van der Waals surface area contributed by atoms with Gasteiger partial charge in [-0.1, -0.05) is 32.3 Å². The summed E-state index contributed by atoms with van der Waals surface area (Å²) in [6.45, 7) is 4.04. The van der Waals surface area contributed by atoms with Crippen molar-refractivity contribution in [2.24, 2.45) is 0 Å². The number of rotatable bonds is 5. The number of carbonyl (C=O) groups excluding carboxylic acids is 1. The first-order chi connectivity index (χ1) is 9.13. The van der Waals surface area contributed by atoms with Gasteiger partial charge in [0.2, 0.25) is 5.91 Å². The van der Waals surface area contributed by atoms with E-state index in [2.05, 4.69) is 6.92 Å². The monoisotopic (exact) mass is 261 g/mol. The van der Waals surface area contributed by atoms with Crippen LogP contribution in [0.4, 0.5) is 0 Å². The summed E-state index contributed by atoms with van der Waals surface area (Å²) in [6, 6.07) is 5.41. The minimum atomic E-state index is -0.582. The van der Waals surface area contributed by atoms with Crippen molar-refractivity contribution in [2.45, 2.75) is 46.0 Å². The van der Waals surface area contributed by atoms with Crippen molar-refractivity contribution < 1.29 is 9.21 Å². The highest BCUT2D eigenvalue weighted by atomic mass is 16.4. The van der Waals surface area contributed by atoms with Crippen molar-refractivity contribution in [3.8, 4) is 0 Å². The molecule has 0 aliphatic heterocycles. The summed E-state index contributed by atoms with van der Waals surface area (Å²) in [7, 11) is 0. The lowest BCUT2D eigenvalue weighted by molar-refractivity contribution is 0.0895. The molecule has 0 saturated heterocycles. The average Bonchev–Trinajstić information content (AvgIpc) is 2.69. The van der Waals surface area contributed by atoms with Gasteiger partial charge < -0.3 is 4.42 Å². The maximum atomic E-state index is 12.1. The van der Waals surface area contributed by atoms with E-state index in [-0.39, 0.29) is 5.91 Å². The molecule has 1 aromatic heterocycles. The number of hydrogen-bond donors (Lipinski definition) is 0. The largest absolute Gasteiger partial charge is 0.426 e. The smallest absolute Gasteiger partial charge is 0.407 e. The zero-order chi connectivity index (χ0) is 13.8. The highest BCUT2D eigenvalue weighted by Gasteiger charge is 2.15. The minimum Gasteiger partial charge on any atom is -0.407 e.